The number of aromatic nitrogens is 1. The number of carbonyl (C=O) groups is 4. The fourth-order valence-corrected chi connectivity index (χ4v) is 5.59. The zero-order chi connectivity index (χ0) is 37.6. The third-order valence-electron chi connectivity index (χ3n) is 8.09. The van der Waals surface area contributed by atoms with Gasteiger partial charge in [0.2, 0.25) is 11.8 Å². The summed E-state index contributed by atoms with van der Waals surface area (Å²) in [6.45, 7) is 6.25. The number of carbonyl (C=O) groups excluding carboxylic acids is 2. The maximum absolute atomic E-state index is 13.6. The normalized spacial score (nSPS) is 16.6. The first kappa shape index (κ1) is 42.2. The van der Waals surface area contributed by atoms with Crippen molar-refractivity contribution >= 4 is 41.0 Å². The number of rotatable bonds is 8. The van der Waals surface area contributed by atoms with Gasteiger partial charge in [-0.15, -0.1) is 0 Å². The van der Waals surface area contributed by atoms with Crippen molar-refractivity contribution in [1.82, 2.24) is 14.8 Å². The van der Waals surface area contributed by atoms with Crippen LogP contribution in [0, 0.1) is 11.8 Å². The molecule has 18 heteroatoms. The number of nitrogens with zero attached hydrogens (tertiary/aromatic N) is 4. The molecular formula is C32H39ClF6N4O7. The Bertz CT molecular complexity index is 1380. The molecule has 11 nitrogen and oxygen atoms in total. The van der Waals surface area contributed by atoms with Crippen molar-refractivity contribution in [2.75, 3.05) is 44.2 Å². The SMILES string of the molecule is CC(=O)N1CCC(C(=O)N(CCCN2CCC(C(O)c3ccccn3)CC2)c2cccc(Cl)c2)CC1.O=C(O)C(F)(F)F.O=C(O)C(F)(F)F. The molecule has 2 aromatic rings. The maximum Gasteiger partial charge on any atom is 0.490 e. The Morgan fingerprint density at radius 3 is 1.92 bits per heavy atom. The van der Waals surface area contributed by atoms with Crippen molar-refractivity contribution in [3.8, 4) is 0 Å². The van der Waals surface area contributed by atoms with Crippen LogP contribution in [0.4, 0.5) is 32.0 Å². The van der Waals surface area contributed by atoms with Gasteiger partial charge in [-0.2, -0.15) is 26.3 Å². The number of aliphatic hydroxyl groups is 1. The molecule has 2 fully saturated rings. The third kappa shape index (κ3) is 14.1. The Kier molecular flexibility index (Phi) is 16.4. The first-order valence-corrected chi connectivity index (χ1v) is 15.9. The van der Waals surface area contributed by atoms with Gasteiger partial charge in [0.05, 0.1) is 11.8 Å². The molecular weight excluding hydrogens is 702 g/mol. The number of benzene rings is 1. The molecule has 0 saturated carbocycles. The zero-order valence-corrected chi connectivity index (χ0v) is 27.8. The number of aliphatic hydroxyl groups excluding tert-OH is 1. The number of pyridine rings is 1. The molecule has 0 spiro atoms. The topological polar surface area (TPSA) is 152 Å². The number of piperidine rings is 2. The van der Waals surface area contributed by atoms with E-state index in [1.165, 1.54) is 0 Å². The summed E-state index contributed by atoms with van der Waals surface area (Å²) in [6, 6.07) is 13.2. The summed E-state index contributed by atoms with van der Waals surface area (Å²) in [5, 5.41) is 25.6. The van der Waals surface area contributed by atoms with E-state index in [1.54, 1.807) is 13.1 Å². The lowest BCUT2D eigenvalue weighted by atomic mass is 9.89. The highest BCUT2D eigenvalue weighted by molar-refractivity contribution is 6.30. The highest BCUT2D eigenvalue weighted by Gasteiger charge is 2.39. The van der Waals surface area contributed by atoms with Crippen LogP contribution in [0.3, 0.4) is 0 Å². The number of aliphatic carboxylic acids is 2. The number of hydrogen-bond acceptors (Lipinski definition) is 7. The summed E-state index contributed by atoms with van der Waals surface area (Å²) in [5.74, 6) is -5.17. The molecule has 1 aromatic carbocycles. The van der Waals surface area contributed by atoms with Crippen LogP contribution in [0.15, 0.2) is 48.7 Å². The Hall–Kier alpha value is -3.96. The van der Waals surface area contributed by atoms with Gasteiger partial charge >= 0.3 is 24.3 Å². The monoisotopic (exact) mass is 740 g/mol. The smallest absolute Gasteiger partial charge is 0.475 e. The number of carboxylic acids is 2. The van der Waals surface area contributed by atoms with Gasteiger partial charge in [0.1, 0.15) is 0 Å². The molecule has 2 aliphatic rings. The minimum atomic E-state index is -5.08. The molecule has 0 aliphatic carbocycles. The molecule has 50 heavy (non-hydrogen) atoms. The van der Waals surface area contributed by atoms with Crippen molar-refractivity contribution in [3.63, 3.8) is 0 Å². The van der Waals surface area contributed by atoms with E-state index in [2.05, 4.69) is 9.88 Å². The second-order valence-corrected chi connectivity index (χ2v) is 12.0. The largest absolute Gasteiger partial charge is 0.490 e. The summed E-state index contributed by atoms with van der Waals surface area (Å²) < 4.78 is 63.5. The summed E-state index contributed by atoms with van der Waals surface area (Å²) in [6.07, 6.45) is -4.83. The van der Waals surface area contributed by atoms with Crippen molar-refractivity contribution in [1.29, 1.82) is 0 Å². The van der Waals surface area contributed by atoms with Crippen molar-refractivity contribution in [2.45, 2.75) is 57.5 Å². The van der Waals surface area contributed by atoms with E-state index in [0.29, 0.717) is 37.5 Å². The summed E-state index contributed by atoms with van der Waals surface area (Å²) in [7, 11) is 0. The molecule has 1 unspecified atom stereocenters. The van der Waals surface area contributed by atoms with Crippen LogP contribution in [0.1, 0.15) is 50.8 Å². The number of alkyl halides is 6. The Balaban J connectivity index is 0.000000521. The van der Waals surface area contributed by atoms with Gasteiger partial charge < -0.3 is 30.0 Å². The van der Waals surface area contributed by atoms with Crippen molar-refractivity contribution in [2.24, 2.45) is 11.8 Å². The molecule has 0 bridgehead atoms. The fourth-order valence-electron chi connectivity index (χ4n) is 5.41. The molecule has 2 saturated heterocycles. The van der Waals surface area contributed by atoms with E-state index < -0.39 is 30.4 Å². The molecule has 3 heterocycles. The number of amides is 2. The highest BCUT2D eigenvalue weighted by Crippen LogP contribution is 2.30. The standard InChI is InChI=1S/C28H37ClN4O3.2C2HF3O2/c1-21(34)32-18-11-23(12-19-32)28(36)33(25-7-4-6-24(29)20-25)15-5-14-31-16-9-22(10-17-31)27(35)26-8-2-3-13-30-26;2*3-2(4,5)1(6)7/h2-4,6-8,13,20,22-23,27,35H,5,9-12,14-19H2,1H3;2*(H,6,7). The second-order valence-electron chi connectivity index (χ2n) is 11.6. The van der Waals surface area contributed by atoms with Gasteiger partial charge in [-0.3, -0.25) is 14.6 Å². The zero-order valence-electron chi connectivity index (χ0n) is 27.0. The molecule has 0 radical (unpaired) electrons. The minimum Gasteiger partial charge on any atom is -0.475 e. The Morgan fingerprint density at radius 2 is 1.46 bits per heavy atom. The summed E-state index contributed by atoms with van der Waals surface area (Å²) >= 11 is 6.26. The molecule has 3 N–H and O–H groups in total. The lowest BCUT2D eigenvalue weighted by molar-refractivity contribution is -0.193. The van der Waals surface area contributed by atoms with Gasteiger partial charge in [0, 0.05) is 49.4 Å². The van der Waals surface area contributed by atoms with E-state index in [4.69, 9.17) is 31.4 Å². The molecule has 1 aromatic heterocycles. The Morgan fingerprint density at radius 1 is 0.900 bits per heavy atom. The predicted octanol–water partition coefficient (Wildman–Crippen LogP) is 5.43. The molecule has 2 amide bonds. The van der Waals surface area contributed by atoms with Crippen LogP contribution in [-0.2, 0) is 19.2 Å². The van der Waals surface area contributed by atoms with Gasteiger partial charge in [0.25, 0.3) is 0 Å². The van der Waals surface area contributed by atoms with E-state index in [9.17, 15) is 41.0 Å². The lowest BCUT2D eigenvalue weighted by Gasteiger charge is -2.35. The highest BCUT2D eigenvalue weighted by atomic mass is 35.5. The van der Waals surface area contributed by atoms with Crippen LogP contribution in [0.25, 0.3) is 0 Å². The van der Waals surface area contributed by atoms with Gasteiger partial charge in [-0.05, 0) is 88.0 Å². The first-order chi connectivity index (χ1) is 23.3. The van der Waals surface area contributed by atoms with Crippen LogP contribution in [-0.4, -0.2) is 105 Å². The second kappa shape index (κ2) is 19.4. The Labute approximate surface area is 289 Å². The molecule has 2 aliphatic heterocycles. The van der Waals surface area contributed by atoms with Crippen molar-refractivity contribution < 1.29 is 60.8 Å². The van der Waals surface area contributed by atoms with E-state index >= 15 is 0 Å². The lowest BCUT2D eigenvalue weighted by Crippen LogP contribution is -2.45. The number of anilines is 1. The van der Waals surface area contributed by atoms with Crippen LogP contribution in [0.2, 0.25) is 5.02 Å². The molecule has 4 rings (SSSR count). The maximum atomic E-state index is 13.6. The van der Waals surface area contributed by atoms with Gasteiger partial charge in [0.15, 0.2) is 0 Å². The van der Waals surface area contributed by atoms with Gasteiger partial charge in [-0.1, -0.05) is 23.7 Å². The average molecular weight is 741 g/mol. The van der Waals surface area contributed by atoms with Gasteiger partial charge in [-0.25, -0.2) is 9.59 Å². The van der Waals surface area contributed by atoms with E-state index in [-0.39, 0.29) is 23.7 Å². The fraction of sp³-hybridized carbons (Fsp3) is 0.531. The number of hydrogen-bond donors (Lipinski definition) is 3. The van der Waals surface area contributed by atoms with Crippen LogP contribution in [0.5, 0.6) is 0 Å². The number of likely N-dealkylation sites (tertiary alicyclic amines) is 2. The summed E-state index contributed by atoms with van der Waals surface area (Å²) in [4.78, 5) is 53.5. The molecule has 1 atom stereocenters. The van der Waals surface area contributed by atoms with E-state index in [1.807, 2.05) is 52.3 Å². The number of carboxylic acid groups (broad SMARTS) is 2. The van der Waals surface area contributed by atoms with E-state index in [0.717, 1.165) is 50.3 Å². The summed E-state index contributed by atoms with van der Waals surface area (Å²) in [5.41, 5.74) is 1.58. The van der Waals surface area contributed by atoms with Crippen LogP contribution >= 0.6 is 11.6 Å². The number of halogens is 7. The average Bonchev–Trinajstić information content (AvgIpc) is 3.06. The van der Waals surface area contributed by atoms with Crippen LogP contribution < -0.4 is 4.90 Å². The predicted molar refractivity (Wildman–Crippen MR) is 169 cm³/mol. The third-order valence-corrected chi connectivity index (χ3v) is 8.32. The quantitative estimate of drug-likeness (QED) is 0.301. The molecule has 278 valence electrons. The minimum absolute atomic E-state index is 0.0731. The first-order valence-electron chi connectivity index (χ1n) is 15.5. The van der Waals surface area contributed by atoms with Crippen molar-refractivity contribution in [3.05, 3.63) is 59.4 Å².